The molecule has 1 aliphatic heterocycles. The van der Waals surface area contributed by atoms with E-state index in [1.807, 2.05) is 71.0 Å². The molecule has 192 valence electrons. The third-order valence-electron chi connectivity index (χ3n) is 6.98. The minimum absolute atomic E-state index is 0.104. The molecule has 0 saturated carbocycles. The van der Waals surface area contributed by atoms with E-state index in [1.165, 1.54) is 11.1 Å². The van der Waals surface area contributed by atoms with Gasteiger partial charge in [0.05, 0.1) is 43.1 Å². The van der Waals surface area contributed by atoms with Crippen molar-refractivity contribution < 1.29 is 4.74 Å². The Hall–Kier alpha value is -3.65. The second-order valence-electron chi connectivity index (χ2n) is 9.51. The fourth-order valence-corrected chi connectivity index (χ4v) is 5.21. The van der Waals surface area contributed by atoms with E-state index < -0.39 is 0 Å². The van der Waals surface area contributed by atoms with Crippen LogP contribution in [0.2, 0.25) is 10.0 Å². The number of hydrogen-bond acceptors (Lipinski definition) is 5. The summed E-state index contributed by atoms with van der Waals surface area (Å²) >= 11 is 12.3. The molecular formula is C29H26Cl2N6O. The van der Waals surface area contributed by atoms with Crippen LogP contribution in [0.25, 0.3) is 16.9 Å². The molecule has 0 unspecified atom stereocenters. The number of methoxy groups -OCH3 is 1. The first-order valence-corrected chi connectivity index (χ1v) is 13.1. The summed E-state index contributed by atoms with van der Waals surface area (Å²) < 4.78 is 9.59. The summed E-state index contributed by atoms with van der Waals surface area (Å²) in [5.74, 6) is 0.748. The summed E-state index contributed by atoms with van der Waals surface area (Å²) in [6, 6.07) is 22.5. The molecule has 0 aliphatic carbocycles. The van der Waals surface area contributed by atoms with Gasteiger partial charge >= 0.3 is 0 Å². The lowest BCUT2D eigenvalue weighted by molar-refractivity contribution is 0.0671. The van der Waals surface area contributed by atoms with Crippen molar-refractivity contribution in [2.75, 3.05) is 20.2 Å². The van der Waals surface area contributed by atoms with E-state index in [0.717, 1.165) is 51.5 Å². The van der Waals surface area contributed by atoms with Gasteiger partial charge in [-0.25, -0.2) is 9.67 Å². The van der Waals surface area contributed by atoms with Crippen LogP contribution in [0.3, 0.4) is 0 Å². The normalized spacial score (nSPS) is 14.1. The fraction of sp³-hybridized carbons (Fsp3) is 0.207. The number of imidazole rings is 1. The molecule has 1 saturated heterocycles. The van der Waals surface area contributed by atoms with Crippen molar-refractivity contribution in [3.8, 4) is 22.7 Å². The number of benzene rings is 3. The van der Waals surface area contributed by atoms with Crippen molar-refractivity contribution in [2.45, 2.75) is 19.0 Å². The second-order valence-corrected chi connectivity index (χ2v) is 10.4. The molecule has 3 aromatic carbocycles. The zero-order valence-electron chi connectivity index (χ0n) is 21.0. The quantitative estimate of drug-likeness (QED) is 0.237. The molecule has 3 heterocycles. The maximum Gasteiger partial charge on any atom is 0.143 e. The van der Waals surface area contributed by atoms with Crippen LogP contribution in [0.15, 0.2) is 85.5 Å². The first-order chi connectivity index (χ1) is 18.5. The first-order valence-electron chi connectivity index (χ1n) is 12.3. The fourth-order valence-electron chi connectivity index (χ4n) is 4.96. The molecule has 7 nitrogen and oxygen atoms in total. The molecule has 1 aliphatic rings. The van der Waals surface area contributed by atoms with E-state index in [9.17, 15) is 0 Å². The van der Waals surface area contributed by atoms with Crippen LogP contribution in [-0.2, 0) is 0 Å². The highest BCUT2D eigenvalue weighted by Crippen LogP contribution is 2.37. The number of rotatable bonds is 7. The molecular weight excluding hydrogens is 519 g/mol. The van der Waals surface area contributed by atoms with E-state index >= 15 is 0 Å². The van der Waals surface area contributed by atoms with Gasteiger partial charge in [0, 0.05) is 34.9 Å². The Balaban J connectivity index is 1.21. The number of aryl methyl sites for hydroxylation is 1. The van der Waals surface area contributed by atoms with Gasteiger partial charge in [0.15, 0.2) is 0 Å². The van der Waals surface area contributed by atoms with Crippen molar-refractivity contribution in [3.05, 3.63) is 112 Å². The lowest BCUT2D eigenvalue weighted by Crippen LogP contribution is -2.49. The molecule has 0 atom stereocenters. The molecule has 0 N–H and O–H groups in total. The number of ether oxygens (including phenoxy) is 1. The number of likely N-dealkylation sites (tertiary alicyclic amines) is 1. The lowest BCUT2D eigenvalue weighted by atomic mass is 9.93. The molecule has 38 heavy (non-hydrogen) atoms. The van der Waals surface area contributed by atoms with Crippen molar-refractivity contribution in [1.82, 2.24) is 29.4 Å². The Morgan fingerprint density at radius 1 is 0.895 bits per heavy atom. The Labute approximate surface area is 231 Å². The van der Waals surface area contributed by atoms with Crippen LogP contribution in [0.5, 0.6) is 5.75 Å². The van der Waals surface area contributed by atoms with Gasteiger partial charge < -0.3 is 9.30 Å². The summed E-state index contributed by atoms with van der Waals surface area (Å²) in [6.07, 6.45) is 5.77. The second kappa shape index (κ2) is 10.3. The third kappa shape index (κ3) is 4.80. The van der Waals surface area contributed by atoms with E-state index in [-0.39, 0.29) is 12.1 Å². The standard InChI is InChI=1S/C29H26Cl2N6O/c1-19-14-36(18-32-19)27-12-7-22(13-28(27)38-2)26-17-37(34-33-26)25-15-35(16-25)29(20-3-8-23(30)9-4-20)21-5-10-24(31)11-6-21/h3-14,17-18,25,29H,15-16H2,1-2H3. The number of hydrogen-bond donors (Lipinski definition) is 0. The minimum Gasteiger partial charge on any atom is -0.495 e. The van der Waals surface area contributed by atoms with Gasteiger partial charge in [-0.2, -0.15) is 0 Å². The van der Waals surface area contributed by atoms with Gasteiger partial charge in [-0.3, -0.25) is 4.90 Å². The molecule has 5 aromatic rings. The predicted molar refractivity (Wildman–Crippen MR) is 149 cm³/mol. The molecule has 0 radical (unpaired) electrons. The Morgan fingerprint density at radius 2 is 1.55 bits per heavy atom. The van der Waals surface area contributed by atoms with Crippen LogP contribution in [-0.4, -0.2) is 49.6 Å². The molecule has 0 bridgehead atoms. The topological polar surface area (TPSA) is 61.0 Å². The lowest BCUT2D eigenvalue weighted by Gasteiger charge is -2.44. The van der Waals surface area contributed by atoms with Gasteiger partial charge in [0.25, 0.3) is 0 Å². The number of halogens is 2. The Morgan fingerprint density at radius 3 is 2.13 bits per heavy atom. The SMILES string of the molecule is COc1cc(-c2cn(C3CN(C(c4ccc(Cl)cc4)c4ccc(Cl)cc4)C3)nn2)ccc1-n1cnc(C)c1. The van der Waals surface area contributed by atoms with Crippen LogP contribution in [0.1, 0.15) is 28.9 Å². The van der Waals surface area contributed by atoms with E-state index in [1.54, 1.807) is 13.4 Å². The molecule has 2 aromatic heterocycles. The summed E-state index contributed by atoms with van der Waals surface area (Å²) in [5, 5.41) is 10.4. The summed E-state index contributed by atoms with van der Waals surface area (Å²) in [6.45, 7) is 3.66. The molecule has 0 amide bonds. The van der Waals surface area contributed by atoms with E-state index in [0.29, 0.717) is 0 Å². The average molecular weight is 545 g/mol. The van der Waals surface area contributed by atoms with Gasteiger partial charge in [-0.15, -0.1) is 5.10 Å². The minimum atomic E-state index is 0.104. The molecule has 9 heteroatoms. The molecule has 1 fully saturated rings. The average Bonchev–Trinajstić information content (AvgIpc) is 3.56. The Kier molecular flexibility index (Phi) is 6.66. The monoisotopic (exact) mass is 544 g/mol. The van der Waals surface area contributed by atoms with Crippen LogP contribution in [0.4, 0.5) is 0 Å². The highest BCUT2D eigenvalue weighted by Gasteiger charge is 2.36. The summed E-state index contributed by atoms with van der Waals surface area (Å²) in [7, 11) is 1.67. The highest BCUT2D eigenvalue weighted by molar-refractivity contribution is 6.30. The zero-order chi connectivity index (χ0) is 26.2. The summed E-state index contributed by atoms with van der Waals surface area (Å²) in [4.78, 5) is 6.75. The molecule has 6 rings (SSSR count). The van der Waals surface area contributed by atoms with Gasteiger partial charge in [-0.1, -0.05) is 58.7 Å². The van der Waals surface area contributed by atoms with E-state index in [4.69, 9.17) is 27.9 Å². The van der Waals surface area contributed by atoms with Crippen LogP contribution >= 0.6 is 23.2 Å². The smallest absolute Gasteiger partial charge is 0.143 e. The zero-order valence-corrected chi connectivity index (χ0v) is 22.5. The molecule has 0 spiro atoms. The first kappa shape index (κ1) is 24.7. The number of aromatic nitrogens is 5. The van der Waals surface area contributed by atoms with Gasteiger partial charge in [0.2, 0.25) is 0 Å². The van der Waals surface area contributed by atoms with Gasteiger partial charge in [0.1, 0.15) is 11.4 Å². The largest absolute Gasteiger partial charge is 0.495 e. The maximum atomic E-state index is 6.16. The third-order valence-corrected chi connectivity index (χ3v) is 7.48. The van der Waals surface area contributed by atoms with Crippen molar-refractivity contribution in [3.63, 3.8) is 0 Å². The van der Waals surface area contributed by atoms with Crippen molar-refractivity contribution >= 4 is 23.2 Å². The maximum absolute atomic E-state index is 6.16. The summed E-state index contributed by atoms with van der Waals surface area (Å²) in [5.41, 5.74) is 6.01. The van der Waals surface area contributed by atoms with Gasteiger partial charge in [-0.05, 0) is 54.4 Å². The van der Waals surface area contributed by atoms with Crippen LogP contribution in [0, 0.1) is 6.92 Å². The predicted octanol–water partition coefficient (Wildman–Crippen LogP) is 6.40. The highest BCUT2D eigenvalue weighted by atomic mass is 35.5. The van der Waals surface area contributed by atoms with Crippen LogP contribution < -0.4 is 4.74 Å². The van der Waals surface area contributed by atoms with Crippen molar-refractivity contribution in [1.29, 1.82) is 0 Å². The Bertz CT molecular complexity index is 1510. The van der Waals surface area contributed by atoms with Crippen molar-refractivity contribution in [2.24, 2.45) is 0 Å². The number of nitrogens with zero attached hydrogens (tertiary/aromatic N) is 6. The van der Waals surface area contributed by atoms with E-state index in [2.05, 4.69) is 44.5 Å².